The average molecular weight is 265 g/mol. The summed E-state index contributed by atoms with van der Waals surface area (Å²) in [5, 5.41) is 5.80. The fourth-order valence-corrected chi connectivity index (χ4v) is 1.63. The summed E-state index contributed by atoms with van der Waals surface area (Å²) in [4.78, 5) is 15.9. The van der Waals surface area contributed by atoms with E-state index in [4.69, 9.17) is 9.47 Å². The molecule has 0 radical (unpaired) electrons. The molecule has 1 amide bonds. The molecule has 2 N–H and O–H groups in total. The average Bonchev–Trinajstić information content (AvgIpc) is 2.50. The molecule has 6 nitrogen and oxygen atoms in total. The van der Waals surface area contributed by atoms with Crippen molar-refractivity contribution in [2.75, 3.05) is 23.8 Å². The van der Waals surface area contributed by atoms with Crippen LogP contribution in [0.5, 0.6) is 5.88 Å². The lowest BCUT2D eigenvalue weighted by Gasteiger charge is -2.19. The molecule has 104 valence electrons. The van der Waals surface area contributed by atoms with Crippen LogP contribution in [0.3, 0.4) is 0 Å². The van der Waals surface area contributed by atoms with Crippen molar-refractivity contribution in [3.8, 4) is 5.88 Å². The normalized spacial score (nSPS) is 14.5. The van der Waals surface area contributed by atoms with Crippen LogP contribution >= 0.6 is 0 Å². The van der Waals surface area contributed by atoms with Gasteiger partial charge in [0.1, 0.15) is 11.4 Å². The van der Waals surface area contributed by atoms with Crippen LogP contribution in [0.15, 0.2) is 12.1 Å². The van der Waals surface area contributed by atoms with Crippen molar-refractivity contribution in [1.29, 1.82) is 0 Å². The Balaban J connectivity index is 2.05. The molecule has 19 heavy (non-hydrogen) atoms. The minimum atomic E-state index is -0.534. The predicted molar refractivity (Wildman–Crippen MR) is 72.7 cm³/mol. The largest absolute Gasteiger partial charge is 0.476 e. The first-order valence-corrected chi connectivity index (χ1v) is 6.32. The number of nitrogens with zero attached hydrogens (tertiary/aromatic N) is 1. The number of hydrogen-bond donors (Lipinski definition) is 2. The van der Waals surface area contributed by atoms with Gasteiger partial charge in [0.25, 0.3) is 0 Å². The maximum atomic E-state index is 11.6. The highest BCUT2D eigenvalue weighted by Gasteiger charge is 2.17. The molecule has 0 fully saturated rings. The lowest BCUT2D eigenvalue weighted by Crippen LogP contribution is -2.27. The van der Waals surface area contributed by atoms with Crippen LogP contribution in [-0.2, 0) is 4.74 Å². The number of carbonyl (C=O) groups is 1. The second-order valence-corrected chi connectivity index (χ2v) is 5.30. The molecular formula is C13H19N3O3. The molecular weight excluding hydrogens is 246 g/mol. The van der Waals surface area contributed by atoms with Gasteiger partial charge in [-0.05, 0) is 39.3 Å². The molecule has 1 aliphatic heterocycles. The van der Waals surface area contributed by atoms with E-state index >= 15 is 0 Å². The fraction of sp³-hybridized carbons (Fsp3) is 0.538. The third kappa shape index (κ3) is 4.01. The standard InChI is InChI=1S/C13H19N3O3/c1-13(2,3)19-12(17)16-10-6-5-9-11(15-10)18-8-4-7-14-9/h5-6,14H,4,7-8H2,1-3H3,(H,15,16,17). The number of nitrogens with one attached hydrogen (secondary N) is 2. The van der Waals surface area contributed by atoms with Crippen LogP contribution in [0, 0.1) is 0 Å². The molecule has 2 rings (SSSR count). The van der Waals surface area contributed by atoms with Gasteiger partial charge in [0.15, 0.2) is 0 Å². The summed E-state index contributed by atoms with van der Waals surface area (Å²) in [6.45, 7) is 6.90. The van der Waals surface area contributed by atoms with Gasteiger partial charge in [-0.15, -0.1) is 0 Å². The van der Waals surface area contributed by atoms with E-state index in [-0.39, 0.29) is 0 Å². The van der Waals surface area contributed by atoms with Crippen LogP contribution in [-0.4, -0.2) is 29.8 Å². The molecule has 0 aromatic carbocycles. The number of aromatic nitrogens is 1. The molecule has 1 aliphatic rings. The van der Waals surface area contributed by atoms with E-state index < -0.39 is 11.7 Å². The van der Waals surface area contributed by atoms with Crippen molar-refractivity contribution in [3.05, 3.63) is 12.1 Å². The first-order valence-electron chi connectivity index (χ1n) is 6.32. The van der Waals surface area contributed by atoms with E-state index in [9.17, 15) is 4.79 Å². The Kier molecular flexibility index (Phi) is 3.78. The van der Waals surface area contributed by atoms with Crippen molar-refractivity contribution in [2.45, 2.75) is 32.8 Å². The van der Waals surface area contributed by atoms with Crippen LogP contribution < -0.4 is 15.4 Å². The SMILES string of the molecule is CC(C)(C)OC(=O)Nc1ccc2c(n1)OCCCN2. The van der Waals surface area contributed by atoms with Gasteiger partial charge in [-0.1, -0.05) is 0 Å². The molecule has 0 spiro atoms. The zero-order chi connectivity index (χ0) is 13.9. The minimum Gasteiger partial charge on any atom is -0.476 e. The summed E-state index contributed by atoms with van der Waals surface area (Å²) in [6, 6.07) is 3.55. The Labute approximate surface area is 112 Å². The Bertz CT molecular complexity index is 469. The van der Waals surface area contributed by atoms with E-state index in [0.717, 1.165) is 18.7 Å². The fourth-order valence-electron chi connectivity index (χ4n) is 1.63. The van der Waals surface area contributed by atoms with Gasteiger partial charge in [-0.3, -0.25) is 5.32 Å². The topological polar surface area (TPSA) is 72.5 Å². The van der Waals surface area contributed by atoms with Crippen molar-refractivity contribution in [2.24, 2.45) is 0 Å². The molecule has 1 aromatic rings. The van der Waals surface area contributed by atoms with Crippen LogP contribution in [0.4, 0.5) is 16.3 Å². The molecule has 0 bridgehead atoms. The van der Waals surface area contributed by atoms with Gasteiger partial charge in [0.05, 0.1) is 12.3 Å². The summed E-state index contributed by atoms with van der Waals surface area (Å²) < 4.78 is 10.7. The molecule has 0 atom stereocenters. The molecule has 0 unspecified atom stereocenters. The quantitative estimate of drug-likeness (QED) is 0.816. The lowest BCUT2D eigenvalue weighted by atomic mass is 10.2. The number of carbonyl (C=O) groups excluding carboxylic acids is 1. The zero-order valence-corrected chi connectivity index (χ0v) is 11.4. The Morgan fingerprint density at radius 1 is 1.47 bits per heavy atom. The first-order chi connectivity index (χ1) is 8.94. The first kappa shape index (κ1) is 13.5. The van der Waals surface area contributed by atoms with Gasteiger partial charge in [-0.2, -0.15) is 4.98 Å². The van der Waals surface area contributed by atoms with Crippen molar-refractivity contribution in [3.63, 3.8) is 0 Å². The maximum absolute atomic E-state index is 11.6. The Morgan fingerprint density at radius 3 is 3.00 bits per heavy atom. The van der Waals surface area contributed by atoms with E-state index in [1.54, 1.807) is 6.07 Å². The molecule has 1 aromatic heterocycles. The van der Waals surface area contributed by atoms with Crippen LogP contribution in [0.1, 0.15) is 27.2 Å². The summed E-state index contributed by atoms with van der Waals surface area (Å²) in [6.07, 6.45) is 0.395. The van der Waals surface area contributed by atoms with Crippen LogP contribution in [0.25, 0.3) is 0 Å². The zero-order valence-electron chi connectivity index (χ0n) is 11.4. The highest BCUT2D eigenvalue weighted by Crippen LogP contribution is 2.26. The molecule has 6 heteroatoms. The number of pyridine rings is 1. The van der Waals surface area contributed by atoms with Crippen molar-refractivity contribution < 1.29 is 14.3 Å². The number of fused-ring (bicyclic) bond motifs is 1. The highest BCUT2D eigenvalue weighted by molar-refractivity contribution is 5.84. The summed E-state index contributed by atoms with van der Waals surface area (Å²) >= 11 is 0. The molecule has 0 saturated heterocycles. The van der Waals surface area contributed by atoms with E-state index in [1.807, 2.05) is 26.8 Å². The highest BCUT2D eigenvalue weighted by atomic mass is 16.6. The monoisotopic (exact) mass is 265 g/mol. The van der Waals surface area contributed by atoms with Crippen molar-refractivity contribution in [1.82, 2.24) is 4.98 Å². The minimum absolute atomic E-state index is 0.414. The van der Waals surface area contributed by atoms with Gasteiger partial charge in [-0.25, -0.2) is 4.79 Å². The lowest BCUT2D eigenvalue weighted by molar-refractivity contribution is 0.0635. The number of rotatable bonds is 1. The van der Waals surface area contributed by atoms with Gasteiger partial charge >= 0.3 is 6.09 Å². The number of amides is 1. The Morgan fingerprint density at radius 2 is 2.26 bits per heavy atom. The molecule has 0 aliphatic carbocycles. The summed E-state index contributed by atoms with van der Waals surface area (Å²) in [5.41, 5.74) is 0.306. The van der Waals surface area contributed by atoms with E-state index in [2.05, 4.69) is 15.6 Å². The smallest absolute Gasteiger partial charge is 0.413 e. The summed E-state index contributed by atoms with van der Waals surface area (Å²) in [7, 11) is 0. The second-order valence-electron chi connectivity index (χ2n) is 5.30. The summed E-state index contributed by atoms with van der Waals surface area (Å²) in [5.74, 6) is 0.919. The van der Waals surface area contributed by atoms with Gasteiger partial charge < -0.3 is 14.8 Å². The third-order valence-corrected chi connectivity index (χ3v) is 2.36. The molecule has 0 saturated carbocycles. The van der Waals surface area contributed by atoms with Gasteiger partial charge in [0, 0.05) is 6.54 Å². The number of anilines is 2. The van der Waals surface area contributed by atoms with E-state index in [0.29, 0.717) is 18.3 Å². The number of ether oxygens (including phenoxy) is 2. The van der Waals surface area contributed by atoms with Crippen LogP contribution in [0.2, 0.25) is 0 Å². The van der Waals surface area contributed by atoms with E-state index in [1.165, 1.54) is 0 Å². The second kappa shape index (κ2) is 5.34. The maximum Gasteiger partial charge on any atom is 0.413 e. The number of hydrogen-bond acceptors (Lipinski definition) is 5. The molecule has 2 heterocycles. The third-order valence-electron chi connectivity index (χ3n) is 2.36. The Hall–Kier alpha value is -1.98. The van der Waals surface area contributed by atoms with Gasteiger partial charge in [0.2, 0.25) is 5.88 Å². The van der Waals surface area contributed by atoms with Crippen molar-refractivity contribution >= 4 is 17.6 Å². The predicted octanol–water partition coefficient (Wildman–Crippen LogP) is 2.62.